The Bertz CT molecular complexity index is 988. The van der Waals surface area contributed by atoms with Gasteiger partial charge in [0, 0.05) is 17.8 Å². The Balaban J connectivity index is 1.60. The van der Waals surface area contributed by atoms with E-state index in [1.165, 1.54) is 4.80 Å². The summed E-state index contributed by atoms with van der Waals surface area (Å²) in [4.78, 5) is 17.7. The standard InChI is InChI=1S/C20H24N8O/c21-16-6-1-2-7-17(16)27-14-11-18(19(20(22)29)23-12-14)26-13-4-3-5-15(10-13)28-24-8-9-25-28/h3-5,8-12,16-17,26-27H,1-2,6-7,21H2,(H2,22,29)/t16-,17+/m0/s1. The van der Waals surface area contributed by atoms with Crippen LogP contribution in [0.5, 0.6) is 0 Å². The number of hydrogen-bond donors (Lipinski definition) is 4. The van der Waals surface area contributed by atoms with Gasteiger partial charge in [-0.3, -0.25) is 4.79 Å². The summed E-state index contributed by atoms with van der Waals surface area (Å²) in [6, 6.07) is 9.66. The molecule has 29 heavy (non-hydrogen) atoms. The molecule has 1 aliphatic carbocycles. The van der Waals surface area contributed by atoms with Gasteiger partial charge in [-0.2, -0.15) is 15.0 Å². The second-order valence-electron chi connectivity index (χ2n) is 7.18. The number of nitrogens with one attached hydrogen (secondary N) is 2. The minimum Gasteiger partial charge on any atom is -0.379 e. The monoisotopic (exact) mass is 392 g/mol. The molecular weight excluding hydrogens is 368 g/mol. The lowest BCUT2D eigenvalue weighted by Gasteiger charge is -2.30. The van der Waals surface area contributed by atoms with Crippen LogP contribution in [0.4, 0.5) is 17.1 Å². The van der Waals surface area contributed by atoms with Gasteiger partial charge in [0.2, 0.25) is 0 Å². The fraction of sp³-hybridized carbons (Fsp3) is 0.300. The van der Waals surface area contributed by atoms with Gasteiger partial charge in [0.05, 0.1) is 35.7 Å². The van der Waals surface area contributed by atoms with E-state index in [0.29, 0.717) is 5.69 Å². The van der Waals surface area contributed by atoms with Gasteiger partial charge in [-0.25, -0.2) is 4.98 Å². The highest BCUT2D eigenvalue weighted by Crippen LogP contribution is 2.26. The number of carbonyl (C=O) groups is 1. The van der Waals surface area contributed by atoms with Gasteiger partial charge in [-0.15, -0.1) is 0 Å². The summed E-state index contributed by atoms with van der Waals surface area (Å²) < 4.78 is 0. The second kappa shape index (κ2) is 8.27. The van der Waals surface area contributed by atoms with Crippen molar-refractivity contribution in [3.8, 4) is 5.69 Å². The average Bonchev–Trinajstić information content (AvgIpc) is 3.25. The number of primary amides is 1. The van der Waals surface area contributed by atoms with Crippen LogP contribution in [0.3, 0.4) is 0 Å². The summed E-state index contributed by atoms with van der Waals surface area (Å²) in [5, 5.41) is 15.0. The number of nitrogens with two attached hydrogens (primary N) is 2. The van der Waals surface area contributed by atoms with Gasteiger partial charge in [0.1, 0.15) is 0 Å². The van der Waals surface area contributed by atoms with E-state index in [1.807, 2.05) is 30.3 Å². The molecule has 0 radical (unpaired) electrons. The second-order valence-corrected chi connectivity index (χ2v) is 7.18. The number of benzene rings is 1. The molecule has 1 fully saturated rings. The number of rotatable bonds is 6. The summed E-state index contributed by atoms with van der Waals surface area (Å²) >= 11 is 0. The van der Waals surface area contributed by atoms with Gasteiger partial charge in [-0.05, 0) is 37.1 Å². The topological polar surface area (TPSA) is 137 Å². The predicted molar refractivity (Wildman–Crippen MR) is 111 cm³/mol. The molecule has 1 saturated carbocycles. The third-order valence-electron chi connectivity index (χ3n) is 5.07. The van der Waals surface area contributed by atoms with Gasteiger partial charge in [-0.1, -0.05) is 18.9 Å². The molecule has 0 saturated heterocycles. The average molecular weight is 392 g/mol. The summed E-state index contributed by atoms with van der Waals surface area (Å²) in [7, 11) is 0. The number of anilines is 3. The molecule has 9 heteroatoms. The van der Waals surface area contributed by atoms with Gasteiger partial charge in [0.25, 0.3) is 5.91 Å². The van der Waals surface area contributed by atoms with Crippen LogP contribution in [-0.4, -0.2) is 38.0 Å². The Morgan fingerprint density at radius 3 is 2.66 bits per heavy atom. The van der Waals surface area contributed by atoms with Crippen LogP contribution >= 0.6 is 0 Å². The molecule has 0 unspecified atom stereocenters. The molecule has 6 N–H and O–H groups in total. The molecule has 0 aliphatic heterocycles. The number of amides is 1. The number of pyridine rings is 1. The molecule has 2 heterocycles. The van der Waals surface area contributed by atoms with Crippen molar-refractivity contribution < 1.29 is 4.79 Å². The maximum Gasteiger partial charge on any atom is 0.269 e. The van der Waals surface area contributed by atoms with E-state index >= 15 is 0 Å². The fourth-order valence-electron chi connectivity index (χ4n) is 3.60. The van der Waals surface area contributed by atoms with E-state index in [2.05, 4.69) is 25.8 Å². The van der Waals surface area contributed by atoms with Crippen LogP contribution in [0.25, 0.3) is 5.69 Å². The van der Waals surface area contributed by atoms with Crippen LogP contribution in [0.2, 0.25) is 0 Å². The van der Waals surface area contributed by atoms with Crippen molar-refractivity contribution in [2.24, 2.45) is 11.5 Å². The third kappa shape index (κ3) is 4.35. The lowest BCUT2D eigenvalue weighted by molar-refractivity contribution is 0.0996. The largest absolute Gasteiger partial charge is 0.379 e. The smallest absolute Gasteiger partial charge is 0.269 e. The van der Waals surface area contributed by atoms with Gasteiger partial charge < -0.3 is 22.1 Å². The SMILES string of the molecule is NC(=O)c1ncc(N[C@@H]2CCCC[C@@H]2N)cc1Nc1cccc(-n2nccn2)c1. The van der Waals surface area contributed by atoms with Crippen molar-refractivity contribution in [1.82, 2.24) is 20.0 Å². The Labute approximate surface area is 168 Å². The number of aromatic nitrogens is 4. The highest BCUT2D eigenvalue weighted by atomic mass is 16.1. The summed E-state index contributed by atoms with van der Waals surface area (Å²) in [5.41, 5.74) is 14.8. The molecule has 150 valence electrons. The zero-order valence-electron chi connectivity index (χ0n) is 16.0. The molecule has 9 nitrogen and oxygen atoms in total. The Morgan fingerprint density at radius 2 is 1.90 bits per heavy atom. The highest BCUT2D eigenvalue weighted by molar-refractivity contribution is 5.97. The van der Waals surface area contributed by atoms with Crippen molar-refractivity contribution in [2.75, 3.05) is 10.6 Å². The fourth-order valence-corrected chi connectivity index (χ4v) is 3.60. The molecule has 1 aliphatic rings. The van der Waals surface area contributed by atoms with Crippen molar-refractivity contribution in [1.29, 1.82) is 0 Å². The first-order valence-corrected chi connectivity index (χ1v) is 9.66. The molecule has 0 bridgehead atoms. The van der Waals surface area contributed by atoms with E-state index in [-0.39, 0.29) is 17.8 Å². The maximum atomic E-state index is 11.9. The first-order valence-electron chi connectivity index (χ1n) is 9.66. The molecule has 1 amide bonds. The number of nitrogens with zero attached hydrogens (tertiary/aromatic N) is 4. The summed E-state index contributed by atoms with van der Waals surface area (Å²) in [5.74, 6) is -0.599. The molecular formula is C20H24N8O. The molecule has 4 rings (SSSR count). The van der Waals surface area contributed by atoms with Crippen LogP contribution in [0.1, 0.15) is 36.2 Å². The van der Waals surface area contributed by atoms with Gasteiger partial charge in [0.15, 0.2) is 5.69 Å². The van der Waals surface area contributed by atoms with E-state index < -0.39 is 5.91 Å². The molecule has 1 aromatic carbocycles. The zero-order chi connectivity index (χ0) is 20.2. The summed E-state index contributed by atoms with van der Waals surface area (Å²) in [6.45, 7) is 0. The number of carbonyl (C=O) groups excluding carboxylic acids is 1. The van der Waals surface area contributed by atoms with E-state index in [1.54, 1.807) is 18.6 Å². The van der Waals surface area contributed by atoms with E-state index in [9.17, 15) is 4.79 Å². The first-order chi connectivity index (χ1) is 14.1. The Hall–Kier alpha value is -3.46. The lowest BCUT2D eigenvalue weighted by atomic mass is 9.91. The summed E-state index contributed by atoms with van der Waals surface area (Å²) in [6.07, 6.45) is 9.17. The normalized spacial score (nSPS) is 18.9. The van der Waals surface area contributed by atoms with Crippen LogP contribution in [0, 0.1) is 0 Å². The minimum atomic E-state index is -0.599. The third-order valence-corrected chi connectivity index (χ3v) is 5.07. The molecule has 2 aromatic heterocycles. The molecule has 3 aromatic rings. The minimum absolute atomic E-state index is 0.106. The first kappa shape index (κ1) is 18.9. The number of hydrogen-bond acceptors (Lipinski definition) is 7. The zero-order valence-corrected chi connectivity index (χ0v) is 16.0. The predicted octanol–water partition coefficient (Wildman–Crippen LogP) is 2.19. The van der Waals surface area contributed by atoms with Crippen LogP contribution in [-0.2, 0) is 0 Å². The molecule has 2 atom stereocenters. The lowest BCUT2D eigenvalue weighted by Crippen LogP contribution is -2.42. The quantitative estimate of drug-likeness (QED) is 0.504. The maximum absolute atomic E-state index is 11.9. The van der Waals surface area contributed by atoms with E-state index in [0.717, 1.165) is 42.7 Å². The van der Waals surface area contributed by atoms with Crippen molar-refractivity contribution in [3.05, 3.63) is 54.6 Å². The highest BCUT2D eigenvalue weighted by Gasteiger charge is 2.22. The van der Waals surface area contributed by atoms with Crippen LogP contribution < -0.4 is 22.1 Å². The van der Waals surface area contributed by atoms with Gasteiger partial charge >= 0.3 is 0 Å². The Morgan fingerprint density at radius 1 is 1.10 bits per heavy atom. The van der Waals surface area contributed by atoms with E-state index in [4.69, 9.17) is 11.5 Å². The van der Waals surface area contributed by atoms with Crippen molar-refractivity contribution >= 4 is 23.0 Å². The Kier molecular flexibility index (Phi) is 5.39. The van der Waals surface area contributed by atoms with Crippen molar-refractivity contribution in [2.45, 2.75) is 37.8 Å². The molecule has 0 spiro atoms. The van der Waals surface area contributed by atoms with Crippen LogP contribution in [0.15, 0.2) is 48.9 Å². The van der Waals surface area contributed by atoms with Crippen molar-refractivity contribution in [3.63, 3.8) is 0 Å².